The van der Waals surface area contributed by atoms with Crippen molar-refractivity contribution in [1.82, 2.24) is 37.9 Å². The molecule has 0 aliphatic heterocycles. The van der Waals surface area contributed by atoms with E-state index in [4.69, 9.17) is 9.97 Å². The molecule has 0 N–H and O–H groups in total. The molecule has 11 aromatic rings. The van der Waals surface area contributed by atoms with Crippen molar-refractivity contribution >= 4 is 55.7 Å². The number of benzene rings is 5. The molecule has 6 aromatic heterocycles. The number of imidazole rings is 4. The molecular formula is C44H30N8. The molecule has 11 rings (SSSR count). The molecule has 0 aliphatic rings. The maximum absolute atomic E-state index is 5.36. The highest BCUT2D eigenvalue weighted by Crippen LogP contribution is 2.34. The third kappa shape index (κ3) is 4.27. The molecule has 0 radical (unpaired) electrons. The molecule has 8 nitrogen and oxygen atoms in total. The Balaban J connectivity index is 1.12. The Labute approximate surface area is 297 Å². The number of nitrogens with zero attached hydrogens (tertiary/aromatic N) is 8. The lowest BCUT2D eigenvalue weighted by molar-refractivity contribution is 1.07. The first-order valence-corrected chi connectivity index (χ1v) is 17.5. The number of fused-ring (bicyclic) bond motifs is 10. The highest BCUT2D eigenvalue weighted by molar-refractivity contribution is 5.95. The summed E-state index contributed by atoms with van der Waals surface area (Å²) in [6.07, 6.45) is 5.13. The maximum atomic E-state index is 5.36. The summed E-state index contributed by atoms with van der Waals surface area (Å²) in [6, 6.07) is 50.8. The van der Waals surface area contributed by atoms with E-state index in [0.29, 0.717) is 12.8 Å². The summed E-state index contributed by atoms with van der Waals surface area (Å²) in [6.45, 7) is 0. The van der Waals surface area contributed by atoms with Crippen LogP contribution < -0.4 is 0 Å². The van der Waals surface area contributed by atoms with E-state index in [1.807, 2.05) is 36.7 Å². The van der Waals surface area contributed by atoms with Crippen molar-refractivity contribution in [2.45, 2.75) is 12.8 Å². The van der Waals surface area contributed by atoms with Gasteiger partial charge < -0.3 is 0 Å². The number of aromatic nitrogens is 8. The molecule has 0 amide bonds. The van der Waals surface area contributed by atoms with Crippen LogP contribution in [0.25, 0.3) is 67.1 Å². The van der Waals surface area contributed by atoms with Crippen molar-refractivity contribution < 1.29 is 0 Å². The van der Waals surface area contributed by atoms with E-state index < -0.39 is 0 Å². The smallest absolute Gasteiger partial charge is 0.220 e. The minimum atomic E-state index is 0.713. The molecular weight excluding hydrogens is 641 g/mol. The number of rotatable bonds is 6. The van der Waals surface area contributed by atoms with E-state index in [1.165, 1.54) is 0 Å². The highest BCUT2D eigenvalue weighted by Gasteiger charge is 2.22. The molecule has 0 fully saturated rings. The summed E-state index contributed by atoms with van der Waals surface area (Å²) < 4.78 is 9.12. The van der Waals surface area contributed by atoms with Gasteiger partial charge in [0.25, 0.3) is 0 Å². The van der Waals surface area contributed by atoms with Crippen molar-refractivity contribution in [2.75, 3.05) is 0 Å². The van der Waals surface area contributed by atoms with E-state index in [1.54, 1.807) is 0 Å². The molecule has 5 aromatic carbocycles. The third-order valence-corrected chi connectivity index (χ3v) is 10.2. The zero-order valence-electron chi connectivity index (χ0n) is 28.0. The fraction of sp³-hybridized carbons (Fsp3) is 0.0455. The van der Waals surface area contributed by atoms with Gasteiger partial charge in [0.15, 0.2) is 0 Å². The standard InChI is InChI=1S/C44H30N8/c1-3-20-37-35(18-1)49(43-47-41-29(12-9-22-39(41)51(37)43)26-31-14-5-7-24-45-31)33-16-11-17-34(28-33)50-36-19-2-4-21-38(36)52-40-23-10-13-30(42(40)48-44(50)52)27-32-15-6-8-25-46-32/h1-25,28H,26-27H2. The second-order valence-electron chi connectivity index (χ2n) is 13.2. The quantitative estimate of drug-likeness (QED) is 0.177. The minimum Gasteiger partial charge on any atom is -0.278 e. The zero-order chi connectivity index (χ0) is 34.2. The van der Waals surface area contributed by atoms with Gasteiger partial charge in [0.05, 0.1) is 55.5 Å². The molecule has 0 aliphatic carbocycles. The monoisotopic (exact) mass is 670 g/mol. The summed E-state index contributed by atoms with van der Waals surface area (Å²) in [5, 5.41) is 0. The van der Waals surface area contributed by atoms with Gasteiger partial charge in [-0.05, 0) is 90.0 Å². The van der Waals surface area contributed by atoms with Crippen LogP contribution in [0.4, 0.5) is 0 Å². The lowest BCUT2D eigenvalue weighted by Crippen LogP contribution is -2.00. The van der Waals surface area contributed by atoms with Crippen LogP contribution in [0.3, 0.4) is 0 Å². The Bertz CT molecular complexity index is 2920. The predicted octanol–water partition coefficient (Wildman–Crippen LogP) is 9.15. The Kier molecular flexibility index (Phi) is 6.21. The molecule has 0 atom stereocenters. The fourth-order valence-electron chi connectivity index (χ4n) is 7.93. The molecule has 0 unspecified atom stereocenters. The van der Waals surface area contributed by atoms with Gasteiger partial charge in [-0.25, -0.2) is 9.97 Å². The van der Waals surface area contributed by atoms with Gasteiger partial charge in [-0.15, -0.1) is 0 Å². The van der Waals surface area contributed by atoms with Crippen LogP contribution in [0.5, 0.6) is 0 Å². The summed E-state index contributed by atoms with van der Waals surface area (Å²) in [4.78, 5) is 19.9. The van der Waals surface area contributed by atoms with Crippen LogP contribution >= 0.6 is 0 Å². The predicted molar refractivity (Wildman–Crippen MR) is 207 cm³/mol. The Morgan fingerprint density at radius 1 is 0.385 bits per heavy atom. The zero-order valence-corrected chi connectivity index (χ0v) is 28.0. The van der Waals surface area contributed by atoms with Gasteiger partial charge in [-0.2, -0.15) is 0 Å². The van der Waals surface area contributed by atoms with Crippen molar-refractivity contribution in [2.24, 2.45) is 0 Å². The third-order valence-electron chi connectivity index (χ3n) is 10.2. The van der Waals surface area contributed by atoms with Gasteiger partial charge in [-0.3, -0.25) is 27.9 Å². The van der Waals surface area contributed by atoms with Crippen LogP contribution in [0.2, 0.25) is 0 Å². The molecule has 52 heavy (non-hydrogen) atoms. The van der Waals surface area contributed by atoms with Crippen molar-refractivity contribution in [3.8, 4) is 11.4 Å². The molecule has 0 bridgehead atoms. The van der Waals surface area contributed by atoms with Crippen LogP contribution in [0.1, 0.15) is 22.5 Å². The number of hydrogen-bond donors (Lipinski definition) is 0. The first-order valence-electron chi connectivity index (χ1n) is 17.5. The normalized spacial score (nSPS) is 12.0. The highest BCUT2D eigenvalue weighted by atomic mass is 15.2. The molecule has 0 spiro atoms. The first-order chi connectivity index (χ1) is 25.8. The largest absolute Gasteiger partial charge is 0.278 e. The summed E-state index contributed by atoms with van der Waals surface area (Å²) >= 11 is 0. The Morgan fingerprint density at radius 2 is 0.808 bits per heavy atom. The van der Waals surface area contributed by atoms with Crippen LogP contribution in [0, 0.1) is 0 Å². The Hall–Kier alpha value is -7.06. The lowest BCUT2D eigenvalue weighted by Gasteiger charge is -2.10. The summed E-state index contributed by atoms with van der Waals surface area (Å²) in [5.41, 5.74) is 14.9. The molecule has 6 heterocycles. The fourth-order valence-corrected chi connectivity index (χ4v) is 7.93. The van der Waals surface area contributed by atoms with Crippen LogP contribution in [0.15, 0.2) is 158 Å². The van der Waals surface area contributed by atoms with Gasteiger partial charge in [-0.1, -0.05) is 66.7 Å². The average molecular weight is 671 g/mol. The second-order valence-corrected chi connectivity index (χ2v) is 13.2. The van der Waals surface area contributed by atoms with Crippen LogP contribution in [-0.4, -0.2) is 37.9 Å². The van der Waals surface area contributed by atoms with E-state index >= 15 is 0 Å². The van der Waals surface area contributed by atoms with Crippen molar-refractivity contribution in [3.05, 3.63) is 181 Å². The van der Waals surface area contributed by atoms with E-state index in [2.05, 4.69) is 149 Å². The topological polar surface area (TPSA) is 70.2 Å². The van der Waals surface area contributed by atoms with E-state index in [9.17, 15) is 0 Å². The maximum Gasteiger partial charge on any atom is 0.220 e. The number of para-hydroxylation sites is 6. The van der Waals surface area contributed by atoms with Crippen molar-refractivity contribution in [1.29, 1.82) is 0 Å². The van der Waals surface area contributed by atoms with Crippen LogP contribution in [-0.2, 0) is 12.8 Å². The van der Waals surface area contributed by atoms with Crippen molar-refractivity contribution in [3.63, 3.8) is 0 Å². The number of hydrogen-bond acceptors (Lipinski definition) is 4. The van der Waals surface area contributed by atoms with E-state index in [-0.39, 0.29) is 0 Å². The number of pyridine rings is 2. The summed E-state index contributed by atoms with van der Waals surface area (Å²) in [7, 11) is 0. The van der Waals surface area contributed by atoms with Gasteiger partial charge >= 0.3 is 0 Å². The SMILES string of the molecule is c1ccc(Cc2cccc3c2nc2n(-c4cccc(-n5c6ccccc6n6c7cccc(Cc8ccccn8)c7nc56)c4)c4ccccc4n32)nc1. The Morgan fingerprint density at radius 3 is 1.27 bits per heavy atom. The molecule has 0 saturated heterocycles. The first kappa shape index (κ1) is 28.7. The molecule has 246 valence electrons. The molecule has 0 saturated carbocycles. The average Bonchev–Trinajstić information content (AvgIpc) is 3.93. The second kappa shape index (κ2) is 11.2. The van der Waals surface area contributed by atoms with E-state index in [0.717, 1.165) is 89.6 Å². The lowest BCUT2D eigenvalue weighted by atomic mass is 10.1. The van der Waals surface area contributed by atoms with Gasteiger partial charge in [0.1, 0.15) is 0 Å². The summed E-state index contributed by atoms with van der Waals surface area (Å²) in [5.74, 6) is 1.74. The minimum absolute atomic E-state index is 0.713. The van der Waals surface area contributed by atoms with Gasteiger partial charge in [0.2, 0.25) is 11.6 Å². The van der Waals surface area contributed by atoms with Gasteiger partial charge in [0, 0.05) is 36.6 Å². The molecule has 8 heteroatoms.